The second kappa shape index (κ2) is 4.18. The first kappa shape index (κ1) is 9.78. The van der Waals surface area contributed by atoms with Gasteiger partial charge in [0, 0.05) is 7.11 Å². The standard InChI is InChI=1S/C8H12N4O3/c1-14-2-3-15-12-8(13)7-6(11-12)4-9-5-10-7/h5,11H,2-4H2,1H3,(H,9,10). The van der Waals surface area contributed by atoms with E-state index in [4.69, 9.17) is 9.57 Å². The fourth-order valence-corrected chi connectivity index (χ4v) is 1.27. The molecule has 2 heterocycles. The molecule has 82 valence electrons. The lowest BCUT2D eigenvalue weighted by Crippen LogP contribution is -2.28. The van der Waals surface area contributed by atoms with Crippen molar-refractivity contribution in [2.45, 2.75) is 6.54 Å². The summed E-state index contributed by atoms with van der Waals surface area (Å²) in [4.78, 5) is 21.9. The number of aromatic amines is 1. The Morgan fingerprint density at radius 2 is 2.47 bits per heavy atom. The van der Waals surface area contributed by atoms with Crippen molar-refractivity contribution >= 4 is 12.0 Å². The summed E-state index contributed by atoms with van der Waals surface area (Å²) < 4.78 is 4.81. The molecule has 7 heteroatoms. The molecule has 0 unspecified atom stereocenters. The number of aliphatic imine (C=N–C) groups is 1. The van der Waals surface area contributed by atoms with Gasteiger partial charge >= 0.3 is 5.56 Å². The Kier molecular flexibility index (Phi) is 2.72. The molecule has 2 rings (SSSR count). The van der Waals surface area contributed by atoms with Gasteiger partial charge in [-0.25, -0.2) is 0 Å². The van der Waals surface area contributed by atoms with Gasteiger partial charge in [-0.05, 0) is 0 Å². The smallest absolute Gasteiger partial charge is 0.325 e. The van der Waals surface area contributed by atoms with Crippen LogP contribution in [0.15, 0.2) is 9.79 Å². The number of rotatable bonds is 4. The van der Waals surface area contributed by atoms with Gasteiger partial charge in [0.25, 0.3) is 0 Å². The third-order valence-electron chi connectivity index (χ3n) is 1.99. The summed E-state index contributed by atoms with van der Waals surface area (Å²) >= 11 is 0. The van der Waals surface area contributed by atoms with Crippen LogP contribution >= 0.6 is 0 Å². The molecule has 0 saturated heterocycles. The molecule has 1 aromatic rings. The average Bonchev–Trinajstić information content (AvgIpc) is 2.57. The Morgan fingerprint density at radius 1 is 1.60 bits per heavy atom. The number of methoxy groups -OCH3 is 1. The van der Waals surface area contributed by atoms with Crippen molar-refractivity contribution in [1.82, 2.24) is 9.94 Å². The van der Waals surface area contributed by atoms with Gasteiger partial charge < -0.3 is 14.9 Å². The van der Waals surface area contributed by atoms with Crippen molar-refractivity contribution in [3.8, 4) is 0 Å². The highest BCUT2D eigenvalue weighted by molar-refractivity contribution is 5.78. The van der Waals surface area contributed by atoms with Gasteiger partial charge in [-0.3, -0.25) is 14.9 Å². The molecular formula is C8H12N4O3. The minimum Gasteiger partial charge on any atom is -0.393 e. The second-order valence-corrected chi connectivity index (χ2v) is 3.01. The van der Waals surface area contributed by atoms with Crippen molar-refractivity contribution in [2.24, 2.45) is 4.99 Å². The number of H-pyrrole nitrogens is 1. The number of nitrogens with one attached hydrogen (secondary N) is 2. The van der Waals surface area contributed by atoms with Crippen LogP contribution in [0.3, 0.4) is 0 Å². The number of hydrogen-bond donors (Lipinski definition) is 2. The topological polar surface area (TPSA) is 80.6 Å². The molecule has 0 bridgehead atoms. The SMILES string of the molecule is COCCOn1[nH]c2c(c1=O)NC=NC2. The summed E-state index contributed by atoms with van der Waals surface area (Å²) in [6.07, 6.45) is 1.50. The molecule has 1 aliphatic rings. The summed E-state index contributed by atoms with van der Waals surface area (Å²) in [5, 5.41) is 5.59. The number of anilines is 1. The fourth-order valence-electron chi connectivity index (χ4n) is 1.27. The third kappa shape index (κ3) is 1.86. The Labute approximate surface area is 85.6 Å². The highest BCUT2D eigenvalue weighted by Crippen LogP contribution is 2.10. The molecule has 0 aliphatic carbocycles. The number of fused-ring (bicyclic) bond motifs is 1. The maximum atomic E-state index is 11.6. The lowest BCUT2D eigenvalue weighted by molar-refractivity contribution is 0.0348. The zero-order valence-electron chi connectivity index (χ0n) is 8.32. The lowest BCUT2D eigenvalue weighted by atomic mass is 10.3. The van der Waals surface area contributed by atoms with Crippen LogP contribution in [0.4, 0.5) is 5.69 Å². The van der Waals surface area contributed by atoms with E-state index in [1.807, 2.05) is 0 Å². The summed E-state index contributed by atoms with van der Waals surface area (Å²) in [7, 11) is 1.57. The zero-order valence-corrected chi connectivity index (χ0v) is 8.32. The van der Waals surface area contributed by atoms with Crippen LogP contribution < -0.4 is 15.7 Å². The first-order valence-electron chi connectivity index (χ1n) is 4.54. The maximum absolute atomic E-state index is 11.6. The summed E-state index contributed by atoms with van der Waals surface area (Å²) in [6, 6.07) is 0. The quantitative estimate of drug-likeness (QED) is 0.641. The van der Waals surface area contributed by atoms with Gasteiger partial charge in [0.05, 0.1) is 25.2 Å². The number of hydrogen-bond acceptors (Lipinski definition) is 5. The van der Waals surface area contributed by atoms with Crippen LogP contribution in [0.5, 0.6) is 0 Å². The van der Waals surface area contributed by atoms with E-state index in [2.05, 4.69) is 15.4 Å². The van der Waals surface area contributed by atoms with Crippen molar-refractivity contribution < 1.29 is 9.57 Å². The van der Waals surface area contributed by atoms with Gasteiger partial charge in [0.2, 0.25) is 0 Å². The van der Waals surface area contributed by atoms with Crippen LogP contribution in [0.25, 0.3) is 0 Å². The summed E-state index contributed by atoms with van der Waals surface area (Å²) in [5.74, 6) is 0. The fraction of sp³-hybridized carbons (Fsp3) is 0.500. The van der Waals surface area contributed by atoms with E-state index in [0.717, 1.165) is 10.5 Å². The van der Waals surface area contributed by atoms with Gasteiger partial charge in [-0.1, -0.05) is 4.85 Å². The molecule has 0 amide bonds. The Balaban J connectivity index is 2.13. The minimum atomic E-state index is -0.243. The van der Waals surface area contributed by atoms with E-state index in [9.17, 15) is 4.79 Å². The van der Waals surface area contributed by atoms with E-state index >= 15 is 0 Å². The molecule has 0 atom stereocenters. The molecule has 0 saturated carbocycles. The average molecular weight is 212 g/mol. The van der Waals surface area contributed by atoms with Gasteiger partial charge in [-0.15, -0.1) is 0 Å². The van der Waals surface area contributed by atoms with E-state index in [0.29, 0.717) is 25.4 Å². The minimum absolute atomic E-state index is 0.243. The van der Waals surface area contributed by atoms with Gasteiger partial charge in [-0.2, -0.15) is 0 Å². The predicted molar refractivity (Wildman–Crippen MR) is 54.2 cm³/mol. The van der Waals surface area contributed by atoms with Gasteiger partial charge in [0.1, 0.15) is 12.3 Å². The normalized spacial score (nSPS) is 13.4. The highest BCUT2D eigenvalue weighted by atomic mass is 16.7. The highest BCUT2D eigenvalue weighted by Gasteiger charge is 2.15. The molecule has 2 N–H and O–H groups in total. The molecule has 0 spiro atoms. The van der Waals surface area contributed by atoms with Crippen molar-refractivity contribution in [1.29, 1.82) is 0 Å². The Hall–Kier alpha value is -1.76. The van der Waals surface area contributed by atoms with Crippen molar-refractivity contribution in [3.63, 3.8) is 0 Å². The molecule has 7 nitrogen and oxygen atoms in total. The third-order valence-corrected chi connectivity index (χ3v) is 1.99. The largest absolute Gasteiger partial charge is 0.393 e. The Bertz CT molecular complexity index is 420. The first-order valence-corrected chi connectivity index (χ1v) is 4.54. The first-order chi connectivity index (χ1) is 7.33. The van der Waals surface area contributed by atoms with E-state index < -0.39 is 0 Å². The van der Waals surface area contributed by atoms with Crippen LogP contribution in [-0.4, -0.2) is 36.6 Å². The van der Waals surface area contributed by atoms with E-state index in [-0.39, 0.29) is 5.56 Å². The molecule has 1 aliphatic heterocycles. The monoisotopic (exact) mass is 212 g/mol. The number of nitrogens with zero attached hydrogens (tertiary/aromatic N) is 2. The van der Waals surface area contributed by atoms with E-state index in [1.54, 1.807) is 7.11 Å². The summed E-state index contributed by atoms with van der Waals surface area (Å²) in [6.45, 7) is 1.20. The Morgan fingerprint density at radius 3 is 3.20 bits per heavy atom. The lowest BCUT2D eigenvalue weighted by Gasteiger charge is -2.03. The predicted octanol–water partition coefficient (Wildman–Crippen LogP) is -0.795. The van der Waals surface area contributed by atoms with Crippen LogP contribution in [-0.2, 0) is 11.3 Å². The number of ether oxygens (including phenoxy) is 1. The van der Waals surface area contributed by atoms with Crippen LogP contribution in [0.1, 0.15) is 5.69 Å². The van der Waals surface area contributed by atoms with Crippen LogP contribution in [0, 0.1) is 0 Å². The van der Waals surface area contributed by atoms with Crippen LogP contribution in [0.2, 0.25) is 0 Å². The molecule has 1 aromatic heterocycles. The molecule has 0 aromatic carbocycles. The second-order valence-electron chi connectivity index (χ2n) is 3.01. The van der Waals surface area contributed by atoms with Crippen molar-refractivity contribution in [2.75, 3.05) is 25.6 Å². The van der Waals surface area contributed by atoms with Crippen molar-refractivity contribution in [3.05, 3.63) is 16.0 Å². The van der Waals surface area contributed by atoms with Gasteiger partial charge in [0.15, 0.2) is 0 Å². The number of aromatic nitrogens is 2. The molecule has 15 heavy (non-hydrogen) atoms. The van der Waals surface area contributed by atoms with E-state index in [1.165, 1.54) is 6.34 Å². The maximum Gasteiger partial charge on any atom is 0.325 e. The molecule has 0 radical (unpaired) electrons. The zero-order chi connectivity index (χ0) is 10.7. The molecule has 0 fully saturated rings. The molecular weight excluding hydrogens is 200 g/mol. The summed E-state index contributed by atoms with van der Waals surface area (Å²) in [5.41, 5.74) is 0.967.